The third kappa shape index (κ3) is 4.41. The van der Waals surface area contributed by atoms with Gasteiger partial charge in [-0.25, -0.2) is 4.79 Å². The Bertz CT molecular complexity index is 489. The molecule has 3 atom stereocenters. The quantitative estimate of drug-likeness (QED) is 0.576. The highest BCUT2D eigenvalue weighted by molar-refractivity contribution is 6.00. The number of rotatable bonds is 1. The zero-order valence-electron chi connectivity index (χ0n) is 12.2. The molecule has 0 saturated carbocycles. The molecule has 3 N–H and O–H groups in total. The third-order valence-electron chi connectivity index (χ3n) is 4.24. The molecule has 4 rings (SSSR count). The maximum Gasteiger partial charge on any atom is 0.490 e. The van der Waals surface area contributed by atoms with Crippen LogP contribution in [0.25, 0.3) is 0 Å². The summed E-state index contributed by atoms with van der Waals surface area (Å²) in [5.74, 6) is -2.97. The average Bonchev–Trinajstić information content (AvgIpc) is 2.48. The van der Waals surface area contributed by atoms with E-state index in [0.29, 0.717) is 24.9 Å². The van der Waals surface area contributed by atoms with E-state index in [1.807, 2.05) is 0 Å². The van der Waals surface area contributed by atoms with Gasteiger partial charge in [0, 0.05) is 31.6 Å². The molecule has 0 spiro atoms. The van der Waals surface area contributed by atoms with Crippen LogP contribution in [0.1, 0.15) is 25.7 Å². The third-order valence-corrected chi connectivity index (χ3v) is 4.24. The Kier molecular flexibility index (Phi) is 5.25. The van der Waals surface area contributed by atoms with Crippen molar-refractivity contribution in [2.24, 2.45) is 0 Å². The van der Waals surface area contributed by atoms with Crippen molar-refractivity contribution in [1.82, 2.24) is 15.5 Å². The SMILES string of the molecule is O=C(O)C(F)(F)F.O=C1CCC(N2C[C@H]3CCC2CN3)C(=O)N1. The summed E-state index contributed by atoms with van der Waals surface area (Å²) in [6, 6.07) is 0.942. The Morgan fingerprint density at radius 2 is 1.87 bits per heavy atom. The molecule has 0 aromatic carbocycles. The summed E-state index contributed by atoms with van der Waals surface area (Å²) in [5, 5.41) is 13.0. The monoisotopic (exact) mass is 337 g/mol. The van der Waals surface area contributed by atoms with Crippen LogP contribution in [0.3, 0.4) is 0 Å². The van der Waals surface area contributed by atoms with E-state index in [4.69, 9.17) is 9.90 Å². The molecule has 0 aromatic heterocycles. The Morgan fingerprint density at radius 3 is 2.26 bits per heavy atom. The number of hydrogen-bond donors (Lipinski definition) is 3. The van der Waals surface area contributed by atoms with Gasteiger partial charge in [-0.3, -0.25) is 19.8 Å². The predicted octanol–water partition coefficient (Wildman–Crippen LogP) is -0.139. The number of nitrogens with zero attached hydrogens (tertiary/aromatic N) is 1. The van der Waals surface area contributed by atoms with E-state index in [0.717, 1.165) is 13.1 Å². The maximum atomic E-state index is 11.8. The molecule has 7 nitrogen and oxygen atoms in total. The minimum atomic E-state index is -5.08. The van der Waals surface area contributed by atoms with Gasteiger partial charge in [-0.1, -0.05) is 0 Å². The average molecular weight is 337 g/mol. The summed E-state index contributed by atoms with van der Waals surface area (Å²) in [5.41, 5.74) is 0. The van der Waals surface area contributed by atoms with Gasteiger partial charge in [0.05, 0.1) is 6.04 Å². The zero-order valence-corrected chi connectivity index (χ0v) is 12.2. The van der Waals surface area contributed by atoms with Gasteiger partial charge in [0.1, 0.15) is 0 Å². The standard InChI is InChI=1S/C11H17N3O2.C2HF3O2/c15-10-4-3-9(11(16)13-10)14-6-7-1-2-8(14)5-12-7;3-2(4,5)1(6)7/h7-9,12H,1-6H2,(H,13,15,16);(H,6,7)/t7-,8?,9?;/m1./s1. The van der Waals surface area contributed by atoms with Crippen LogP contribution in [0.15, 0.2) is 0 Å². The van der Waals surface area contributed by atoms with Crippen molar-refractivity contribution < 1.29 is 32.7 Å². The molecular weight excluding hydrogens is 319 g/mol. The van der Waals surface area contributed by atoms with Crippen molar-refractivity contribution in [3.05, 3.63) is 0 Å². The van der Waals surface area contributed by atoms with E-state index in [2.05, 4.69) is 15.5 Å². The molecule has 4 heterocycles. The van der Waals surface area contributed by atoms with Gasteiger partial charge in [-0.2, -0.15) is 13.2 Å². The van der Waals surface area contributed by atoms with Gasteiger partial charge < -0.3 is 10.4 Å². The summed E-state index contributed by atoms with van der Waals surface area (Å²) in [4.78, 5) is 34.1. The Morgan fingerprint density at radius 1 is 1.22 bits per heavy atom. The fourth-order valence-corrected chi connectivity index (χ4v) is 3.12. The number of hydrogen-bond acceptors (Lipinski definition) is 5. The molecule has 2 amide bonds. The van der Waals surface area contributed by atoms with Crippen LogP contribution in [0.4, 0.5) is 13.2 Å². The number of carboxylic acids is 1. The Labute approximate surface area is 130 Å². The first kappa shape index (κ1) is 17.7. The summed E-state index contributed by atoms with van der Waals surface area (Å²) in [6.45, 7) is 1.94. The van der Waals surface area contributed by atoms with Crippen LogP contribution in [-0.4, -0.2) is 65.2 Å². The van der Waals surface area contributed by atoms with Crippen LogP contribution in [0.2, 0.25) is 0 Å². The van der Waals surface area contributed by atoms with Crippen molar-refractivity contribution >= 4 is 17.8 Å². The molecule has 23 heavy (non-hydrogen) atoms. The van der Waals surface area contributed by atoms with E-state index >= 15 is 0 Å². The van der Waals surface area contributed by atoms with Crippen LogP contribution in [-0.2, 0) is 14.4 Å². The number of alkyl halides is 3. The Hall–Kier alpha value is -1.68. The number of piperidine rings is 3. The van der Waals surface area contributed by atoms with E-state index in [-0.39, 0.29) is 17.9 Å². The molecule has 4 aliphatic heterocycles. The number of fused-ring (bicyclic) bond motifs is 3. The molecule has 4 aliphatic rings. The fourth-order valence-electron chi connectivity index (χ4n) is 3.12. The lowest BCUT2D eigenvalue weighted by molar-refractivity contribution is -0.192. The van der Waals surface area contributed by atoms with Crippen molar-refractivity contribution in [3.8, 4) is 0 Å². The highest BCUT2D eigenvalue weighted by atomic mass is 19.4. The largest absolute Gasteiger partial charge is 0.490 e. The van der Waals surface area contributed by atoms with Crippen LogP contribution < -0.4 is 10.6 Å². The van der Waals surface area contributed by atoms with Crippen LogP contribution in [0, 0.1) is 0 Å². The highest BCUT2D eigenvalue weighted by Gasteiger charge is 2.41. The lowest BCUT2D eigenvalue weighted by Gasteiger charge is -2.49. The number of carboxylic acid groups (broad SMARTS) is 1. The van der Waals surface area contributed by atoms with Crippen molar-refractivity contribution in [3.63, 3.8) is 0 Å². The topological polar surface area (TPSA) is 98.7 Å². The summed E-state index contributed by atoms with van der Waals surface area (Å²) >= 11 is 0. The number of carbonyl (C=O) groups is 3. The number of piperazine rings is 1. The summed E-state index contributed by atoms with van der Waals surface area (Å²) in [6.07, 6.45) is -1.52. The number of halogens is 3. The predicted molar refractivity (Wildman–Crippen MR) is 71.4 cm³/mol. The first-order valence-corrected chi connectivity index (χ1v) is 7.31. The highest BCUT2D eigenvalue weighted by Crippen LogP contribution is 2.26. The normalized spacial score (nSPS) is 31.2. The molecule has 4 saturated heterocycles. The first-order valence-electron chi connectivity index (χ1n) is 7.31. The van der Waals surface area contributed by atoms with Gasteiger partial charge in [-0.05, 0) is 19.3 Å². The maximum absolute atomic E-state index is 11.8. The molecule has 2 unspecified atom stereocenters. The minimum absolute atomic E-state index is 0.0763. The van der Waals surface area contributed by atoms with Crippen molar-refractivity contribution in [2.75, 3.05) is 13.1 Å². The molecule has 0 aromatic rings. The van der Waals surface area contributed by atoms with Gasteiger partial charge in [-0.15, -0.1) is 0 Å². The van der Waals surface area contributed by atoms with Gasteiger partial charge in [0.25, 0.3) is 0 Å². The Balaban J connectivity index is 0.000000236. The molecule has 2 bridgehead atoms. The number of nitrogens with one attached hydrogen (secondary N) is 2. The number of aliphatic carboxylic acids is 1. The molecule has 0 radical (unpaired) electrons. The molecule has 0 aliphatic carbocycles. The molecular formula is C13H18F3N3O4. The second kappa shape index (κ2) is 6.83. The second-order valence-electron chi connectivity index (χ2n) is 5.80. The van der Waals surface area contributed by atoms with Crippen LogP contribution in [0.5, 0.6) is 0 Å². The fraction of sp³-hybridized carbons (Fsp3) is 0.769. The van der Waals surface area contributed by atoms with Crippen molar-refractivity contribution in [1.29, 1.82) is 0 Å². The molecule has 130 valence electrons. The summed E-state index contributed by atoms with van der Waals surface area (Å²) in [7, 11) is 0. The smallest absolute Gasteiger partial charge is 0.475 e. The number of carbonyl (C=O) groups excluding carboxylic acids is 2. The lowest BCUT2D eigenvalue weighted by atomic mass is 9.89. The van der Waals surface area contributed by atoms with Gasteiger partial charge in [0.15, 0.2) is 0 Å². The van der Waals surface area contributed by atoms with Crippen LogP contribution >= 0.6 is 0 Å². The van der Waals surface area contributed by atoms with E-state index in [1.165, 1.54) is 12.8 Å². The van der Waals surface area contributed by atoms with E-state index in [9.17, 15) is 22.8 Å². The van der Waals surface area contributed by atoms with E-state index < -0.39 is 12.1 Å². The summed E-state index contributed by atoms with van der Waals surface area (Å²) < 4.78 is 31.7. The second-order valence-corrected chi connectivity index (χ2v) is 5.80. The lowest BCUT2D eigenvalue weighted by Crippen LogP contribution is -2.66. The van der Waals surface area contributed by atoms with Crippen molar-refractivity contribution in [2.45, 2.75) is 50.0 Å². The molecule has 4 fully saturated rings. The first-order chi connectivity index (χ1) is 10.7. The zero-order chi connectivity index (χ0) is 17.2. The number of imide groups is 1. The minimum Gasteiger partial charge on any atom is -0.475 e. The number of amides is 2. The van der Waals surface area contributed by atoms with E-state index in [1.54, 1.807) is 0 Å². The molecule has 10 heteroatoms. The van der Waals surface area contributed by atoms with Gasteiger partial charge in [0.2, 0.25) is 11.8 Å². The van der Waals surface area contributed by atoms with Gasteiger partial charge >= 0.3 is 12.1 Å².